The number of aliphatic hydroxyl groups excluding tert-OH is 7. The van der Waals surface area contributed by atoms with Gasteiger partial charge in [0.05, 0.1) is 37.6 Å². The van der Waals surface area contributed by atoms with E-state index in [4.69, 9.17) is 28.4 Å². The maximum Gasteiger partial charge on any atom is 0.186 e. The molecule has 0 aromatic carbocycles. The van der Waals surface area contributed by atoms with Gasteiger partial charge in [0.15, 0.2) is 18.4 Å². The van der Waals surface area contributed by atoms with Crippen LogP contribution >= 0.6 is 0 Å². The van der Waals surface area contributed by atoms with Crippen LogP contribution in [0.15, 0.2) is 11.6 Å². The lowest BCUT2D eigenvalue weighted by Gasteiger charge is -2.59. The predicted octanol–water partition coefficient (Wildman–Crippen LogP) is 1.36. The third-order valence-corrected chi connectivity index (χ3v) is 15.6. The van der Waals surface area contributed by atoms with E-state index < -0.39 is 73.3 Å². The first kappa shape index (κ1) is 38.1. The summed E-state index contributed by atoms with van der Waals surface area (Å²) >= 11 is 0. The largest absolute Gasteiger partial charge is 0.390 e. The molecule has 4 aliphatic heterocycles. The van der Waals surface area contributed by atoms with Gasteiger partial charge in [0, 0.05) is 18.3 Å². The molecule has 13 nitrogen and oxygen atoms in total. The van der Waals surface area contributed by atoms with Crippen LogP contribution in [0.5, 0.6) is 0 Å². The average Bonchev–Trinajstić information content (AvgIpc) is 3.53. The first-order valence-corrected chi connectivity index (χ1v) is 20.0. The Morgan fingerprint density at radius 3 is 2.23 bits per heavy atom. The Balaban J connectivity index is 0.923. The number of hydrogen-bond acceptors (Lipinski definition) is 13. The molecule has 3 saturated carbocycles. The molecule has 4 aliphatic carbocycles. The zero-order valence-corrected chi connectivity index (χ0v) is 31.2. The van der Waals surface area contributed by atoms with Gasteiger partial charge in [-0.25, -0.2) is 0 Å². The Labute approximate surface area is 306 Å². The average molecular weight is 739 g/mol. The van der Waals surface area contributed by atoms with Crippen molar-refractivity contribution >= 4 is 0 Å². The number of hydrogen-bond donors (Lipinski definition) is 7. The standard InChI is InChI=1S/C39H62O13/c1-17-8-13-39(48-15-17)18(2)25-34(52-39)29(42)26-22-7-6-20-14-21(9-11-37(20,4)23(22)10-12-38(25,26)5)50-36-33(46)31(44)28(41)24(51-36)16-47-35-32(45)30(43)27(40)19(3)49-35/h6,17-19,21-36,40-46H,7-16H2,1-5H3. The van der Waals surface area contributed by atoms with Crippen molar-refractivity contribution in [1.29, 1.82) is 0 Å². The fourth-order valence-electron chi connectivity index (χ4n) is 12.5. The molecule has 0 amide bonds. The van der Waals surface area contributed by atoms with Gasteiger partial charge < -0.3 is 64.2 Å². The molecule has 22 unspecified atom stereocenters. The Morgan fingerprint density at radius 2 is 1.50 bits per heavy atom. The zero-order chi connectivity index (χ0) is 37.1. The highest BCUT2D eigenvalue weighted by molar-refractivity contribution is 5.27. The summed E-state index contributed by atoms with van der Waals surface area (Å²) in [6.45, 7) is 11.2. The molecule has 7 fully saturated rings. The third kappa shape index (κ3) is 5.82. The van der Waals surface area contributed by atoms with Gasteiger partial charge in [-0.05, 0) is 86.4 Å². The number of rotatable bonds is 5. The molecule has 4 saturated heterocycles. The van der Waals surface area contributed by atoms with Gasteiger partial charge in [0.2, 0.25) is 0 Å². The van der Waals surface area contributed by atoms with E-state index in [1.807, 2.05) is 0 Å². The van der Waals surface area contributed by atoms with Crippen LogP contribution < -0.4 is 0 Å². The SMILES string of the molecule is CC1CCC2(OC1)OC1C(O)C3C4CC=C5CC(OC6OC(COC7OC(C)C(O)C(O)C7O)C(O)C(O)C6O)CCC5(C)C4CCC3(C)C1C2C. The van der Waals surface area contributed by atoms with Crippen molar-refractivity contribution in [2.24, 2.45) is 46.3 Å². The predicted molar refractivity (Wildman–Crippen MR) is 183 cm³/mol. The van der Waals surface area contributed by atoms with E-state index in [1.54, 1.807) is 0 Å². The molecule has 296 valence electrons. The molecule has 0 aromatic rings. The first-order chi connectivity index (χ1) is 24.6. The molecule has 0 radical (unpaired) electrons. The Bertz CT molecular complexity index is 1340. The van der Waals surface area contributed by atoms with E-state index in [0.29, 0.717) is 30.8 Å². The lowest BCUT2D eigenvalue weighted by atomic mass is 9.46. The van der Waals surface area contributed by atoms with E-state index in [1.165, 1.54) is 12.5 Å². The van der Waals surface area contributed by atoms with Crippen LogP contribution in [-0.2, 0) is 28.4 Å². The van der Waals surface area contributed by atoms with Crippen LogP contribution in [0.4, 0.5) is 0 Å². The summed E-state index contributed by atoms with van der Waals surface area (Å²) in [6, 6.07) is 0. The summed E-state index contributed by atoms with van der Waals surface area (Å²) in [5.74, 6) is 1.37. The highest BCUT2D eigenvalue weighted by Crippen LogP contribution is 2.70. The molecule has 4 heterocycles. The van der Waals surface area contributed by atoms with Gasteiger partial charge in [0.1, 0.15) is 42.7 Å². The van der Waals surface area contributed by atoms with Crippen LogP contribution in [0.1, 0.15) is 86.0 Å². The smallest absolute Gasteiger partial charge is 0.186 e. The number of aliphatic hydroxyl groups is 7. The number of ether oxygens (including phenoxy) is 6. The maximum atomic E-state index is 12.1. The first-order valence-electron chi connectivity index (χ1n) is 20.0. The topological polar surface area (TPSA) is 197 Å². The van der Waals surface area contributed by atoms with Gasteiger partial charge in [0.25, 0.3) is 0 Å². The minimum absolute atomic E-state index is 0.0246. The summed E-state index contributed by atoms with van der Waals surface area (Å²) < 4.78 is 36.7. The second kappa shape index (κ2) is 13.7. The van der Waals surface area contributed by atoms with Crippen molar-refractivity contribution in [2.45, 2.75) is 171 Å². The summed E-state index contributed by atoms with van der Waals surface area (Å²) in [6.07, 6.45) is -4.71. The van der Waals surface area contributed by atoms with Crippen LogP contribution in [-0.4, -0.2) is 134 Å². The van der Waals surface area contributed by atoms with Crippen molar-refractivity contribution in [2.75, 3.05) is 13.2 Å². The minimum atomic E-state index is -1.57. The second-order valence-corrected chi connectivity index (χ2v) is 18.4. The van der Waals surface area contributed by atoms with Crippen LogP contribution in [0.3, 0.4) is 0 Å². The molecule has 13 heteroatoms. The Hall–Kier alpha value is -0.780. The van der Waals surface area contributed by atoms with Crippen LogP contribution in [0.2, 0.25) is 0 Å². The maximum absolute atomic E-state index is 12.1. The van der Waals surface area contributed by atoms with Gasteiger partial charge in [-0.15, -0.1) is 0 Å². The fourth-order valence-corrected chi connectivity index (χ4v) is 12.5. The van der Waals surface area contributed by atoms with E-state index in [9.17, 15) is 35.7 Å². The Kier molecular flexibility index (Phi) is 10.0. The quantitative estimate of drug-likeness (QED) is 0.200. The monoisotopic (exact) mass is 738 g/mol. The van der Waals surface area contributed by atoms with Crippen molar-refractivity contribution in [1.82, 2.24) is 0 Å². The van der Waals surface area contributed by atoms with Gasteiger partial charge in [-0.3, -0.25) is 0 Å². The lowest BCUT2D eigenvalue weighted by Crippen LogP contribution is -2.61. The minimum Gasteiger partial charge on any atom is -0.390 e. The molecule has 8 aliphatic rings. The van der Waals surface area contributed by atoms with Crippen molar-refractivity contribution in [3.05, 3.63) is 11.6 Å². The highest BCUT2D eigenvalue weighted by atomic mass is 16.7. The molecule has 8 rings (SSSR count). The van der Waals surface area contributed by atoms with E-state index in [2.05, 4.69) is 33.8 Å². The molecule has 0 bridgehead atoms. The van der Waals surface area contributed by atoms with Crippen molar-refractivity contribution in [3.63, 3.8) is 0 Å². The molecule has 1 spiro atoms. The van der Waals surface area contributed by atoms with Gasteiger partial charge in [-0.1, -0.05) is 39.3 Å². The summed E-state index contributed by atoms with van der Waals surface area (Å²) in [5, 5.41) is 74.9. The molecule has 52 heavy (non-hydrogen) atoms. The Morgan fingerprint density at radius 1 is 0.769 bits per heavy atom. The summed E-state index contributed by atoms with van der Waals surface area (Å²) in [4.78, 5) is 0. The third-order valence-electron chi connectivity index (χ3n) is 15.6. The normalized spacial score (nSPS) is 58.9. The molecule has 0 aromatic heterocycles. The van der Waals surface area contributed by atoms with Gasteiger partial charge >= 0.3 is 0 Å². The van der Waals surface area contributed by atoms with Crippen molar-refractivity contribution in [3.8, 4) is 0 Å². The van der Waals surface area contributed by atoms with Crippen LogP contribution in [0, 0.1) is 46.3 Å². The molecular weight excluding hydrogens is 676 g/mol. The number of allylic oxidation sites excluding steroid dienone is 1. The highest BCUT2D eigenvalue weighted by Gasteiger charge is 2.72. The summed E-state index contributed by atoms with van der Waals surface area (Å²) in [7, 11) is 0. The van der Waals surface area contributed by atoms with E-state index in [0.717, 1.165) is 44.9 Å². The zero-order valence-electron chi connectivity index (χ0n) is 31.2. The lowest BCUT2D eigenvalue weighted by molar-refractivity contribution is -0.334. The van der Waals surface area contributed by atoms with Crippen LogP contribution in [0.25, 0.3) is 0 Å². The van der Waals surface area contributed by atoms with E-state index >= 15 is 0 Å². The second-order valence-electron chi connectivity index (χ2n) is 18.4. The van der Waals surface area contributed by atoms with Crippen molar-refractivity contribution < 1.29 is 64.2 Å². The molecular formula is C39H62O13. The molecule has 22 atom stereocenters. The fraction of sp³-hybridized carbons (Fsp3) is 0.949. The van der Waals surface area contributed by atoms with Gasteiger partial charge in [-0.2, -0.15) is 0 Å². The number of fused-ring (bicyclic) bond motifs is 7. The molecule has 7 N–H and O–H groups in total. The van der Waals surface area contributed by atoms with E-state index in [-0.39, 0.29) is 47.4 Å². The summed E-state index contributed by atoms with van der Waals surface area (Å²) in [5.41, 5.74) is 1.26.